The predicted octanol–water partition coefficient (Wildman–Crippen LogP) is 7.18. The third kappa shape index (κ3) is 5.74. The topological polar surface area (TPSA) is 35.5 Å². The summed E-state index contributed by atoms with van der Waals surface area (Å²) >= 11 is 7.18. The Balaban J connectivity index is 1.71. The maximum atomic E-state index is 12.3. The van der Waals surface area contributed by atoms with Crippen molar-refractivity contribution in [3.63, 3.8) is 0 Å². The maximum absolute atomic E-state index is 12.3. The number of thiophene rings is 1. The van der Waals surface area contributed by atoms with Crippen LogP contribution >= 0.6 is 22.9 Å². The summed E-state index contributed by atoms with van der Waals surface area (Å²) in [4.78, 5) is 12.9. The second-order valence-electron chi connectivity index (χ2n) is 7.94. The zero-order valence-corrected chi connectivity index (χ0v) is 19.1. The van der Waals surface area contributed by atoms with Gasteiger partial charge in [-0.25, -0.2) is 0 Å². The van der Waals surface area contributed by atoms with Gasteiger partial charge in [0, 0.05) is 5.56 Å². The minimum absolute atomic E-state index is 0.0699. The Hall–Kier alpha value is -2.56. The summed E-state index contributed by atoms with van der Waals surface area (Å²) in [5.74, 6) is 1.48. The van der Waals surface area contributed by atoms with E-state index >= 15 is 0 Å². The van der Waals surface area contributed by atoms with Crippen molar-refractivity contribution in [1.82, 2.24) is 0 Å². The first kappa shape index (κ1) is 22.1. The maximum Gasteiger partial charge on any atom is 0.195 e. The first-order chi connectivity index (χ1) is 14.3. The number of halogens is 1. The van der Waals surface area contributed by atoms with Crippen molar-refractivity contribution >= 4 is 34.8 Å². The number of benzene rings is 2. The molecule has 3 rings (SSSR count). The second-order valence-corrected chi connectivity index (χ2v) is 9.65. The average Bonchev–Trinajstić information content (AvgIpc) is 3.16. The number of rotatable bonds is 7. The summed E-state index contributed by atoms with van der Waals surface area (Å²) in [5, 5.41) is 0. The standard InChI is InChI=1S/C25H25ClO3S/c1-25(2,3)19-7-9-20(10-8-19)29-16-18-15-17(6-12-22(18)28-4)5-11-21(27)23-13-14-24(26)30-23/h5-15H,16H2,1-4H3/b11-5+. The average molecular weight is 441 g/mol. The van der Waals surface area contributed by atoms with Crippen LogP contribution in [0.1, 0.15) is 47.1 Å². The quantitative estimate of drug-likeness (QED) is 0.288. The summed E-state index contributed by atoms with van der Waals surface area (Å²) in [7, 11) is 1.64. The summed E-state index contributed by atoms with van der Waals surface area (Å²) in [5.41, 5.74) is 3.17. The molecule has 0 saturated carbocycles. The van der Waals surface area contributed by atoms with Crippen LogP contribution in [0.25, 0.3) is 6.08 Å². The molecule has 2 aromatic carbocycles. The number of ether oxygens (including phenoxy) is 2. The molecule has 0 fully saturated rings. The highest BCUT2D eigenvalue weighted by Gasteiger charge is 2.13. The van der Waals surface area contributed by atoms with Gasteiger partial charge < -0.3 is 9.47 Å². The highest BCUT2D eigenvalue weighted by molar-refractivity contribution is 7.18. The molecule has 1 aromatic heterocycles. The van der Waals surface area contributed by atoms with Crippen molar-refractivity contribution in [3.05, 3.63) is 86.6 Å². The van der Waals surface area contributed by atoms with Gasteiger partial charge >= 0.3 is 0 Å². The van der Waals surface area contributed by atoms with E-state index in [4.69, 9.17) is 21.1 Å². The molecule has 0 aliphatic heterocycles. The third-order valence-electron chi connectivity index (χ3n) is 4.66. The van der Waals surface area contributed by atoms with E-state index in [9.17, 15) is 4.79 Å². The van der Waals surface area contributed by atoms with Gasteiger partial charge in [0.2, 0.25) is 0 Å². The van der Waals surface area contributed by atoms with E-state index in [1.165, 1.54) is 16.9 Å². The van der Waals surface area contributed by atoms with Crippen molar-refractivity contribution in [2.75, 3.05) is 7.11 Å². The number of allylic oxidation sites excluding steroid dienone is 1. The lowest BCUT2D eigenvalue weighted by Crippen LogP contribution is -2.10. The molecular weight excluding hydrogens is 416 g/mol. The summed E-state index contributed by atoms with van der Waals surface area (Å²) in [6.45, 7) is 6.92. The minimum atomic E-state index is -0.0699. The Bertz CT molecular complexity index is 1040. The molecule has 0 unspecified atom stereocenters. The van der Waals surface area contributed by atoms with Crippen molar-refractivity contribution in [1.29, 1.82) is 0 Å². The molecular formula is C25H25ClO3S. The molecule has 0 spiro atoms. The van der Waals surface area contributed by atoms with Crippen molar-refractivity contribution in [3.8, 4) is 11.5 Å². The molecule has 156 valence electrons. The first-order valence-electron chi connectivity index (χ1n) is 9.64. The van der Waals surface area contributed by atoms with E-state index in [0.29, 0.717) is 15.8 Å². The lowest BCUT2D eigenvalue weighted by atomic mass is 9.87. The Morgan fingerprint density at radius 3 is 2.40 bits per heavy atom. The van der Waals surface area contributed by atoms with Crippen LogP contribution in [-0.2, 0) is 12.0 Å². The molecule has 5 heteroatoms. The number of carbonyl (C=O) groups is 1. The first-order valence-corrected chi connectivity index (χ1v) is 10.8. The van der Waals surface area contributed by atoms with Gasteiger partial charge in [0.15, 0.2) is 5.78 Å². The lowest BCUT2D eigenvalue weighted by molar-refractivity contribution is 0.105. The van der Waals surface area contributed by atoms with Gasteiger partial charge in [-0.3, -0.25) is 4.79 Å². The highest BCUT2D eigenvalue weighted by atomic mass is 35.5. The zero-order valence-electron chi connectivity index (χ0n) is 17.6. The van der Waals surface area contributed by atoms with Crippen LogP contribution in [0.2, 0.25) is 4.34 Å². The zero-order chi connectivity index (χ0) is 21.7. The highest BCUT2D eigenvalue weighted by Crippen LogP contribution is 2.27. The number of hydrogen-bond donors (Lipinski definition) is 0. The van der Waals surface area contributed by atoms with Gasteiger partial charge in [-0.15, -0.1) is 11.3 Å². The molecule has 0 aliphatic rings. The van der Waals surface area contributed by atoms with Crippen LogP contribution in [0.15, 0.2) is 60.7 Å². The molecule has 1 heterocycles. The van der Waals surface area contributed by atoms with E-state index in [-0.39, 0.29) is 11.2 Å². The summed E-state index contributed by atoms with van der Waals surface area (Å²) in [6.07, 6.45) is 3.34. The van der Waals surface area contributed by atoms with E-state index < -0.39 is 0 Å². The number of carbonyl (C=O) groups excluding carboxylic acids is 1. The van der Waals surface area contributed by atoms with Gasteiger partial charge in [-0.2, -0.15) is 0 Å². The Morgan fingerprint density at radius 2 is 1.80 bits per heavy atom. The fraction of sp³-hybridized carbons (Fsp3) is 0.240. The Morgan fingerprint density at radius 1 is 1.07 bits per heavy atom. The third-order valence-corrected chi connectivity index (χ3v) is 5.91. The Kier molecular flexibility index (Phi) is 7.01. The normalized spacial score (nSPS) is 11.6. The van der Waals surface area contributed by atoms with Crippen LogP contribution < -0.4 is 9.47 Å². The predicted molar refractivity (Wildman–Crippen MR) is 125 cm³/mol. The summed E-state index contributed by atoms with van der Waals surface area (Å²) < 4.78 is 12.0. The van der Waals surface area contributed by atoms with E-state index in [1.54, 1.807) is 31.4 Å². The number of methoxy groups -OCH3 is 1. The SMILES string of the molecule is COc1ccc(/C=C/C(=O)c2ccc(Cl)s2)cc1COc1ccc(C(C)(C)C)cc1. The monoisotopic (exact) mass is 440 g/mol. The van der Waals surface area contributed by atoms with E-state index in [1.807, 2.05) is 30.3 Å². The van der Waals surface area contributed by atoms with E-state index in [2.05, 4.69) is 32.9 Å². The molecule has 0 saturated heterocycles. The lowest BCUT2D eigenvalue weighted by Gasteiger charge is -2.19. The van der Waals surface area contributed by atoms with Gasteiger partial charge in [0.05, 0.1) is 16.3 Å². The van der Waals surface area contributed by atoms with Crippen LogP contribution in [0.5, 0.6) is 11.5 Å². The molecule has 0 atom stereocenters. The minimum Gasteiger partial charge on any atom is -0.496 e. The molecule has 3 nitrogen and oxygen atoms in total. The molecule has 3 aromatic rings. The summed E-state index contributed by atoms with van der Waals surface area (Å²) in [6, 6.07) is 17.4. The molecule has 30 heavy (non-hydrogen) atoms. The van der Waals surface area contributed by atoms with Crippen molar-refractivity contribution in [2.45, 2.75) is 32.8 Å². The van der Waals surface area contributed by atoms with Crippen molar-refractivity contribution in [2.24, 2.45) is 0 Å². The number of hydrogen-bond acceptors (Lipinski definition) is 4. The Labute approximate surface area is 186 Å². The number of ketones is 1. The fourth-order valence-corrected chi connectivity index (χ4v) is 3.89. The molecule has 0 aliphatic carbocycles. The molecule has 0 amide bonds. The van der Waals surface area contributed by atoms with Gasteiger partial charge in [-0.1, -0.05) is 56.6 Å². The van der Waals surface area contributed by atoms with Crippen LogP contribution in [0.3, 0.4) is 0 Å². The molecule has 0 bridgehead atoms. The van der Waals surface area contributed by atoms with Gasteiger partial charge in [-0.05, 0) is 59.0 Å². The van der Waals surface area contributed by atoms with Gasteiger partial charge in [0.25, 0.3) is 0 Å². The van der Waals surface area contributed by atoms with Gasteiger partial charge in [0.1, 0.15) is 18.1 Å². The van der Waals surface area contributed by atoms with Crippen LogP contribution in [-0.4, -0.2) is 12.9 Å². The molecule has 0 radical (unpaired) electrons. The van der Waals surface area contributed by atoms with Crippen LogP contribution in [0.4, 0.5) is 0 Å². The second kappa shape index (κ2) is 9.50. The van der Waals surface area contributed by atoms with E-state index in [0.717, 1.165) is 22.6 Å². The smallest absolute Gasteiger partial charge is 0.195 e. The molecule has 0 N–H and O–H groups in total. The largest absolute Gasteiger partial charge is 0.496 e. The fourth-order valence-electron chi connectivity index (χ4n) is 2.93. The van der Waals surface area contributed by atoms with Crippen LogP contribution in [0, 0.1) is 0 Å². The van der Waals surface area contributed by atoms with Crippen molar-refractivity contribution < 1.29 is 14.3 Å².